The molecule has 118 valence electrons. The van der Waals surface area contributed by atoms with Gasteiger partial charge in [0.05, 0.1) is 0 Å². The summed E-state index contributed by atoms with van der Waals surface area (Å²) in [4.78, 5) is 7.57. The summed E-state index contributed by atoms with van der Waals surface area (Å²) < 4.78 is 0. The molecular formula is C16H34N4. The molecule has 1 aliphatic carbocycles. The van der Waals surface area contributed by atoms with Gasteiger partial charge in [-0.15, -0.1) is 0 Å². The van der Waals surface area contributed by atoms with Gasteiger partial charge < -0.3 is 10.2 Å². The summed E-state index contributed by atoms with van der Waals surface area (Å²) in [6.45, 7) is 8.64. The van der Waals surface area contributed by atoms with Crippen LogP contribution in [0.15, 0.2) is 0 Å². The van der Waals surface area contributed by atoms with Crippen molar-refractivity contribution in [3.63, 3.8) is 0 Å². The third-order valence-electron chi connectivity index (χ3n) is 5.12. The van der Waals surface area contributed by atoms with Crippen LogP contribution < -0.4 is 5.32 Å². The minimum atomic E-state index is 0.714. The summed E-state index contributed by atoms with van der Waals surface area (Å²) in [6, 6.07) is 0.714. The van der Waals surface area contributed by atoms with Crippen LogP contribution in [0.25, 0.3) is 0 Å². The molecule has 0 spiro atoms. The van der Waals surface area contributed by atoms with Gasteiger partial charge in [0.15, 0.2) is 0 Å². The molecule has 1 atom stereocenters. The van der Waals surface area contributed by atoms with Gasteiger partial charge in [-0.25, -0.2) is 0 Å². The van der Waals surface area contributed by atoms with Gasteiger partial charge in [0.1, 0.15) is 0 Å². The molecule has 1 unspecified atom stereocenters. The third-order valence-corrected chi connectivity index (χ3v) is 5.12. The number of hydrogen-bond acceptors (Lipinski definition) is 4. The van der Waals surface area contributed by atoms with Crippen molar-refractivity contribution in [1.29, 1.82) is 0 Å². The number of nitrogens with one attached hydrogen (secondary N) is 1. The fourth-order valence-electron chi connectivity index (χ4n) is 3.65. The minimum absolute atomic E-state index is 0.714. The second-order valence-corrected chi connectivity index (χ2v) is 6.89. The van der Waals surface area contributed by atoms with E-state index < -0.39 is 0 Å². The Balaban J connectivity index is 1.67. The lowest BCUT2D eigenvalue weighted by Crippen LogP contribution is -2.52. The highest BCUT2D eigenvalue weighted by atomic mass is 15.3. The average molecular weight is 282 g/mol. The Morgan fingerprint density at radius 2 is 1.65 bits per heavy atom. The van der Waals surface area contributed by atoms with Crippen molar-refractivity contribution < 1.29 is 0 Å². The Kier molecular flexibility index (Phi) is 6.75. The van der Waals surface area contributed by atoms with Gasteiger partial charge in [-0.1, -0.05) is 12.8 Å². The molecule has 0 aromatic rings. The zero-order valence-corrected chi connectivity index (χ0v) is 13.8. The van der Waals surface area contributed by atoms with Crippen LogP contribution in [-0.2, 0) is 0 Å². The van der Waals surface area contributed by atoms with E-state index in [1.165, 1.54) is 71.5 Å². The van der Waals surface area contributed by atoms with E-state index in [-0.39, 0.29) is 0 Å². The summed E-state index contributed by atoms with van der Waals surface area (Å²) in [5, 5.41) is 3.58. The molecule has 4 nitrogen and oxygen atoms in total. The molecule has 1 aliphatic heterocycles. The SMILES string of the molecule is CNC(CN1CCN(CCN(C)C)CC1)C1CCCC1. The van der Waals surface area contributed by atoms with Crippen LogP contribution >= 0.6 is 0 Å². The molecular weight excluding hydrogens is 248 g/mol. The van der Waals surface area contributed by atoms with Crippen molar-refractivity contribution in [3.8, 4) is 0 Å². The number of nitrogens with zero attached hydrogens (tertiary/aromatic N) is 3. The zero-order chi connectivity index (χ0) is 14.4. The maximum atomic E-state index is 3.58. The number of rotatable bonds is 7. The first-order valence-electron chi connectivity index (χ1n) is 8.45. The van der Waals surface area contributed by atoms with Crippen LogP contribution in [0.5, 0.6) is 0 Å². The van der Waals surface area contributed by atoms with Crippen molar-refractivity contribution in [2.75, 3.05) is 67.0 Å². The molecule has 2 rings (SSSR count). The first-order chi connectivity index (χ1) is 9.69. The lowest BCUT2D eigenvalue weighted by Gasteiger charge is -2.38. The molecule has 20 heavy (non-hydrogen) atoms. The van der Waals surface area contributed by atoms with Gasteiger partial charge >= 0.3 is 0 Å². The van der Waals surface area contributed by atoms with Crippen LogP contribution in [0.2, 0.25) is 0 Å². The van der Waals surface area contributed by atoms with Gasteiger partial charge in [0, 0.05) is 51.9 Å². The fraction of sp³-hybridized carbons (Fsp3) is 1.00. The molecule has 1 saturated heterocycles. The summed E-state index contributed by atoms with van der Waals surface area (Å²) in [7, 11) is 6.47. The van der Waals surface area contributed by atoms with E-state index in [2.05, 4.69) is 41.2 Å². The standard InChI is InChI=1S/C16H34N4/c1-17-16(15-6-4-5-7-15)14-20-12-10-19(11-13-20)9-8-18(2)3/h15-17H,4-14H2,1-3H3. The predicted octanol–water partition coefficient (Wildman–Crippen LogP) is 0.944. The summed E-state index contributed by atoms with van der Waals surface area (Å²) in [6.07, 6.45) is 5.77. The highest BCUT2D eigenvalue weighted by Crippen LogP contribution is 2.28. The van der Waals surface area contributed by atoms with Crippen molar-refractivity contribution in [3.05, 3.63) is 0 Å². The van der Waals surface area contributed by atoms with Crippen LogP contribution in [0.4, 0.5) is 0 Å². The Hall–Kier alpha value is -0.160. The van der Waals surface area contributed by atoms with Gasteiger partial charge in [0.2, 0.25) is 0 Å². The topological polar surface area (TPSA) is 21.8 Å². The largest absolute Gasteiger partial charge is 0.315 e. The maximum absolute atomic E-state index is 3.58. The van der Waals surface area contributed by atoms with Crippen LogP contribution in [0.1, 0.15) is 25.7 Å². The normalized spacial score (nSPS) is 24.6. The molecule has 0 radical (unpaired) electrons. The molecule has 0 aromatic heterocycles. The smallest absolute Gasteiger partial charge is 0.0220 e. The van der Waals surface area contributed by atoms with Gasteiger partial charge in [-0.2, -0.15) is 0 Å². The molecule has 1 heterocycles. The Labute approximate surface area is 125 Å². The summed E-state index contributed by atoms with van der Waals surface area (Å²) in [5.41, 5.74) is 0. The first-order valence-corrected chi connectivity index (χ1v) is 8.45. The fourth-order valence-corrected chi connectivity index (χ4v) is 3.65. The van der Waals surface area contributed by atoms with Crippen molar-refractivity contribution >= 4 is 0 Å². The van der Waals surface area contributed by atoms with E-state index >= 15 is 0 Å². The van der Waals surface area contributed by atoms with Gasteiger partial charge in [-0.3, -0.25) is 9.80 Å². The molecule has 2 fully saturated rings. The molecule has 1 saturated carbocycles. The van der Waals surface area contributed by atoms with Crippen LogP contribution in [0.3, 0.4) is 0 Å². The lowest BCUT2D eigenvalue weighted by atomic mass is 9.97. The molecule has 4 heteroatoms. The van der Waals surface area contributed by atoms with E-state index in [0.29, 0.717) is 6.04 Å². The van der Waals surface area contributed by atoms with Crippen LogP contribution in [-0.4, -0.2) is 87.7 Å². The summed E-state index contributed by atoms with van der Waals surface area (Å²) >= 11 is 0. The van der Waals surface area contributed by atoms with E-state index in [0.717, 1.165) is 5.92 Å². The van der Waals surface area contributed by atoms with E-state index in [1.807, 2.05) is 0 Å². The Morgan fingerprint density at radius 3 is 2.20 bits per heavy atom. The molecule has 0 aromatic carbocycles. The second-order valence-electron chi connectivity index (χ2n) is 6.89. The number of hydrogen-bond donors (Lipinski definition) is 1. The highest BCUT2D eigenvalue weighted by Gasteiger charge is 2.26. The zero-order valence-electron chi connectivity index (χ0n) is 13.8. The molecule has 0 bridgehead atoms. The van der Waals surface area contributed by atoms with Gasteiger partial charge in [0.25, 0.3) is 0 Å². The average Bonchev–Trinajstić information content (AvgIpc) is 2.97. The molecule has 1 N–H and O–H groups in total. The van der Waals surface area contributed by atoms with E-state index in [4.69, 9.17) is 0 Å². The highest BCUT2D eigenvalue weighted by molar-refractivity contribution is 4.84. The minimum Gasteiger partial charge on any atom is -0.315 e. The Morgan fingerprint density at radius 1 is 1.05 bits per heavy atom. The quantitative estimate of drug-likeness (QED) is 0.750. The summed E-state index contributed by atoms with van der Waals surface area (Å²) in [5.74, 6) is 0.923. The van der Waals surface area contributed by atoms with Crippen molar-refractivity contribution in [1.82, 2.24) is 20.0 Å². The number of likely N-dealkylation sites (N-methyl/N-ethyl adjacent to an activating group) is 2. The molecule has 0 amide bonds. The lowest BCUT2D eigenvalue weighted by molar-refractivity contribution is 0.110. The van der Waals surface area contributed by atoms with Gasteiger partial charge in [-0.05, 0) is 39.9 Å². The Bertz CT molecular complexity index is 255. The van der Waals surface area contributed by atoms with E-state index in [9.17, 15) is 0 Å². The van der Waals surface area contributed by atoms with E-state index in [1.54, 1.807) is 0 Å². The second kappa shape index (κ2) is 8.32. The number of piperazine rings is 1. The first kappa shape index (κ1) is 16.2. The van der Waals surface area contributed by atoms with Crippen molar-refractivity contribution in [2.24, 2.45) is 5.92 Å². The maximum Gasteiger partial charge on any atom is 0.0220 e. The third kappa shape index (κ3) is 4.99. The van der Waals surface area contributed by atoms with Crippen LogP contribution in [0, 0.1) is 5.92 Å². The monoisotopic (exact) mass is 282 g/mol. The predicted molar refractivity (Wildman–Crippen MR) is 86.2 cm³/mol. The molecule has 2 aliphatic rings. The van der Waals surface area contributed by atoms with Crippen molar-refractivity contribution in [2.45, 2.75) is 31.7 Å².